The van der Waals surface area contributed by atoms with Gasteiger partial charge in [-0.2, -0.15) is 5.10 Å². The molecule has 0 amide bonds. The lowest BCUT2D eigenvalue weighted by atomic mass is 10.3. The SMILES string of the molecule is Cc1ncc(CNC2CC2)n1CCc1ccnn1C. The van der Waals surface area contributed by atoms with Gasteiger partial charge in [0.2, 0.25) is 0 Å². The Hall–Kier alpha value is -1.62. The van der Waals surface area contributed by atoms with E-state index in [0.29, 0.717) is 0 Å². The number of aryl methyl sites for hydroxylation is 3. The summed E-state index contributed by atoms with van der Waals surface area (Å²) >= 11 is 0. The molecule has 0 aliphatic heterocycles. The van der Waals surface area contributed by atoms with Crippen LogP contribution in [0.3, 0.4) is 0 Å². The quantitative estimate of drug-likeness (QED) is 0.853. The molecule has 1 aliphatic rings. The fraction of sp³-hybridized carbons (Fsp3) is 0.571. The lowest BCUT2D eigenvalue weighted by molar-refractivity contribution is 0.579. The summed E-state index contributed by atoms with van der Waals surface area (Å²) in [6.45, 7) is 3.97. The summed E-state index contributed by atoms with van der Waals surface area (Å²) in [5.41, 5.74) is 2.54. The van der Waals surface area contributed by atoms with Crippen molar-refractivity contribution in [3.63, 3.8) is 0 Å². The average Bonchev–Trinajstić information content (AvgIpc) is 3.05. The molecule has 1 saturated carbocycles. The number of hydrogen-bond donors (Lipinski definition) is 1. The number of nitrogens with one attached hydrogen (secondary N) is 1. The van der Waals surface area contributed by atoms with Gasteiger partial charge in [0.1, 0.15) is 5.82 Å². The molecule has 0 unspecified atom stereocenters. The number of hydrogen-bond acceptors (Lipinski definition) is 3. The highest BCUT2D eigenvalue weighted by Gasteiger charge is 2.20. The molecular formula is C14H21N5. The molecule has 0 atom stereocenters. The molecule has 2 aromatic rings. The summed E-state index contributed by atoms with van der Waals surface area (Å²) in [5, 5.41) is 7.76. The van der Waals surface area contributed by atoms with E-state index in [0.717, 1.165) is 31.4 Å². The van der Waals surface area contributed by atoms with Gasteiger partial charge in [-0.15, -0.1) is 0 Å². The van der Waals surface area contributed by atoms with Crippen LogP contribution in [-0.2, 0) is 26.6 Å². The van der Waals surface area contributed by atoms with Crippen LogP contribution in [0.25, 0.3) is 0 Å². The lowest BCUT2D eigenvalue weighted by Crippen LogP contribution is -2.19. The predicted octanol–water partition coefficient (Wildman–Crippen LogP) is 1.42. The van der Waals surface area contributed by atoms with E-state index in [9.17, 15) is 0 Å². The molecule has 19 heavy (non-hydrogen) atoms. The van der Waals surface area contributed by atoms with Crippen LogP contribution in [-0.4, -0.2) is 25.4 Å². The standard InChI is InChI=1S/C14H21N5/c1-11-15-9-14(10-16-12-3-4-12)19(11)8-6-13-5-7-17-18(13)2/h5,7,9,12,16H,3-4,6,8,10H2,1-2H3. The summed E-state index contributed by atoms with van der Waals surface area (Å²) in [6.07, 6.45) is 7.48. The van der Waals surface area contributed by atoms with E-state index in [1.165, 1.54) is 24.2 Å². The molecular weight excluding hydrogens is 238 g/mol. The molecule has 5 heteroatoms. The maximum Gasteiger partial charge on any atom is 0.105 e. The number of imidazole rings is 1. The Balaban J connectivity index is 1.65. The van der Waals surface area contributed by atoms with Crippen LogP contribution in [0.15, 0.2) is 18.5 Å². The Labute approximate surface area is 113 Å². The maximum atomic E-state index is 4.44. The molecule has 0 aromatic carbocycles. The van der Waals surface area contributed by atoms with Crippen molar-refractivity contribution in [1.29, 1.82) is 0 Å². The molecule has 5 nitrogen and oxygen atoms in total. The van der Waals surface area contributed by atoms with Crippen LogP contribution in [0.4, 0.5) is 0 Å². The lowest BCUT2D eigenvalue weighted by Gasteiger charge is -2.11. The van der Waals surface area contributed by atoms with Crippen molar-refractivity contribution in [3.05, 3.63) is 35.7 Å². The smallest absolute Gasteiger partial charge is 0.105 e. The van der Waals surface area contributed by atoms with Crippen molar-refractivity contribution in [3.8, 4) is 0 Å². The number of rotatable bonds is 6. The van der Waals surface area contributed by atoms with E-state index in [1.807, 2.05) is 24.1 Å². The van der Waals surface area contributed by atoms with Crippen molar-refractivity contribution in [2.45, 2.75) is 45.3 Å². The molecule has 1 N–H and O–H groups in total. The van der Waals surface area contributed by atoms with E-state index in [1.54, 1.807) is 0 Å². The molecule has 0 spiro atoms. The van der Waals surface area contributed by atoms with E-state index >= 15 is 0 Å². The van der Waals surface area contributed by atoms with Gasteiger partial charge in [-0.05, 0) is 25.8 Å². The first-order valence-corrected chi connectivity index (χ1v) is 6.95. The first-order chi connectivity index (χ1) is 9.24. The summed E-state index contributed by atoms with van der Waals surface area (Å²) in [4.78, 5) is 4.44. The fourth-order valence-electron chi connectivity index (χ4n) is 2.37. The average molecular weight is 259 g/mol. The van der Waals surface area contributed by atoms with E-state index in [-0.39, 0.29) is 0 Å². The minimum Gasteiger partial charge on any atom is -0.331 e. The monoisotopic (exact) mass is 259 g/mol. The van der Waals surface area contributed by atoms with Gasteiger partial charge in [0, 0.05) is 50.7 Å². The van der Waals surface area contributed by atoms with Crippen molar-refractivity contribution < 1.29 is 0 Å². The van der Waals surface area contributed by atoms with Gasteiger partial charge in [0.15, 0.2) is 0 Å². The third kappa shape index (κ3) is 2.87. The van der Waals surface area contributed by atoms with E-state index < -0.39 is 0 Å². The van der Waals surface area contributed by atoms with Crippen molar-refractivity contribution in [1.82, 2.24) is 24.6 Å². The van der Waals surface area contributed by atoms with Crippen LogP contribution < -0.4 is 5.32 Å². The fourth-order valence-corrected chi connectivity index (χ4v) is 2.37. The normalized spacial score (nSPS) is 15.1. The second kappa shape index (κ2) is 5.17. The van der Waals surface area contributed by atoms with Crippen LogP contribution in [0.5, 0.6) is 0 Å². The predicted molar refractivity (Wildman–Crippen MR) is 73.7 cm³/mol. The number of nitrogens with zero attached hydrogens (tertiary/aromatic N) is 4. The molecule has 0 saturated heterocycles. The molecule has 2 heterocycles. The van der Waals surface area contributed by atoms with Gasteiger partial charge in [-0.1, -0.05) is 0 Å². The van der Waals surface area contributed by atoms with Crippen LogP contribution >= 0.6 is 0 Å². The van der Waals surface area contributed by atoms with Gasteiger partial charge in [-0.25, -0.2) is 4.98 Å². The second-order valence-electron chi connectivity index (χ2n) is 5.30. The highest BCUT2D eigenvalue weighted by Crippen LogP contribution is 2.19. The van der Waals surface area contributed by atoms with Crippen LogP contribution in [0, 0.1) is 6.92 Å². The first-order valence-electron chi connectivity index (χ1n) is 6.95. The highest BCUT2D eigenvalue weighted by atomic mass is 15.3. The molecule has 0 bridgehead atoms. The Bertz CT molecular complexity index is 550. The summed E-state index contributed by atoms with van der Waals surface area (Å²) in [7, 11) is 1.99. The van der Waals surface area contributed by atoms with Crippen molar-refractivity contribution >= 4 is 0 Å². The van der Waals surface area contributed by atoms with E-state index in [4.69, 9.17) is 0 Å². The number of aromatic nitrogens is 4. The second-order valence-corrected chi connectivity index (χ2v) is 5.30. The van der Waals surface area contributed by atoms with Gasteiger partial charge in [0.05, 0.1) is 5.69 Å². The third-order valence-electron chi connectivity index (χ3n) is 3.80. The minimum absolute atomic E-state index is 0.737. The van der Waals surface area contributed by atoms with Crippen LogP contribution in [0.1, 0.15) is 30.1 Å². The zero-order valence-corrected chi connectivity index (χ0v) is 11.6. The summed E-state index contributed by atoms with van der Waals surface area (Å²) in [6, 6.07) is 2.81. The van der Waals surface area contributed by atoms with Gasteiger partial charge >= 0.3 is 0 Å². The zero-order chi connectivity index (χ0) is 13.2. The molecule has 1 fully saturated rings. The Morgan fingerprint density at radius 1 is 1.37 bits per heavy atom. The summed E-state index contributed by atoms with van der Waals surface area (Å²) < 4.78 is 4.25. The van der Waals surface area contributed by atoms with E-state index in [2.05, 4.69) is 33.0 Å². The summed E-state index contributed by atoms with van der Waals surface area (Å²) in [5.74, 6) is 1.09. The Morgan fingerprint density at radius 3 is 2.89 bits per heavy atom. The molecule has 2 aromatic heterocycles. The van der Waals surface area contributed by atoms with Gasteiger partial charge < -0.3 is 9.88 Å². The molecule has 3 rings (SSSR count). The van der Waals surface area contributed by atoms with Crippen molar-refractivity contribution in [2.24, 2.45) is 7.05 Å². The zero-order valence-electron chi connectivity index (χ0n) is 11.6. The Kier molecular flexibility index (Phi) is 3.38. The molecule has 1 aliphatic carbocycles. The molecule has 102 valence electrons. The maximum absolute atomic E-state index is 4.44. The third-order valence-corrected chi connectivity index (χ3v) is 3.80. The van der Waals surface area contributed by atoms with Crippen molar-refractivity contribution in [2.75, 3.05) is 0 Å². The largest absolute Gasteiger partial charge is 0.331 e. The Morgan fingerprint density at radius 2 is 2.21 bits per heavy atom. The molecule has 0 radical (unpaired) electrons. The highest BCUT2D eigenvalue weighted by molar-refractivity contribution is 5.07. The minimum atomic E-state index is 0.737. The van der Waals surface area contributed by atoms with Crippen LogP contribution in [0.2, 0.25) is 0 Å². The topological polar surface area (TPSA) is 47.7 Å². The van der Waals surface area contributed by atoms with Gasteiger partial charge in [-0.3, -0.25) is 4.68 Å². The van der Waals surface area contributed by atoms with Gasteiger partial charge in [0.25, 0.3) is 0 Å². The first kappa shape index (κ1) is 12.4.